The molecule has 1 aliphatic heterocycles. The van der Waals surface area contributed by atoms with Gasteiger partial charge in [0.2, 0.25) is 0 Å². The second-order valence-corrected chi connectivity index (χ2v) is 6.50. The molecular formula is C15H18BrNO3. The molecule has 1 aliphatic carbocycles. The summed E-state index contributed by atoms with van der Waals surface area (Å²) in [7, 11) is 0. The summed E-state index contributed by atoms with van der Waals surface area (Å²) < 4.78 is 6.16. The van der Waals surface area contributed by atoms with E-state index in [4.69, 9.17) is 4.74 Å². The summed E-state index contributed by atoms with van der Waals surface area (Å²) >= 11 is 3.29. The normalized spacial score (nSPS) is 21.9. The maximum Gasteiger partial charge on any atom is 0.257 e. The van der Waals surface area contributed by atoms with Crippen molar-refractivity contribution in [1.29, 1.82) is 0 Å². The van der Waals surface area contributed by atoms with E-state index in [2.05, 4.69) is 15.9 Å². The third-order valence-corrected chi connectivity index (χ3v) is 4.41. The van der Waals surface area contributed by atoms with Crippen molar-refractivity contribution in [3.05, 3.63) is 28.2 Å². The van der Waals surface area contributed by atoms with Crippen molar-refractivity contribution in [2.45, 2.75) is 25.3 Å². The summed E-state index contributed by atoms with van der Waals surface area (Å²) in [5.41, 5.74) is 0.388. The molecular weight excluding hydrogens is 322 g/mol. The minimum absolute atomic E-state index is 0.0395. The Bertz CT molecular complexity index is 510. The largest absolute Gasteiger partial charge is 0.507 e. The molecule has 1 N–H and O–H groups in total. The van der Waals surface area contributed by atoms with Crippen LogP contribution in [0.4, 0.5) is 0 Å². The number of benzene rings is 1. The Morgan fingerprint density at radius 2 is 2.20 bits per heavy atom. The highest BCUT2D eigenvalue weighted by Gasteiger charge is 2.35. The van der Waals surface area contributed by atoms with Crippen molar-refractivity contribution in [3.63, 3.8) is 0 Å². The number of rotatable bonds is 4. The van der Waals surface area contributed by atoms with Crippen LogP contribution >= 0.6 is 15.9 Å². The van der Waals surface area contributed by atoms with Gasteiger partial charge in [0.25, 0.3) is 5.91 Å². The van der Waals surface area contributed by atoms with Gasteiger partial charge in [-0.25, -0.2) is 0 Å². The van der Waals surface area contributed by atoms with E-state index < -0.39 is 0 Å². The Balaban J connectivity index is 1.77. The molecule has 2 fully saturated rings. The number of halogens is 1. The fraction of sp³-hybridized carbons (Fsp3) is 0.533. The molecule has 108 valence electrons. The lowest BCUT2D eigenvalue weighted by Gasteiger charge is -2.25. The number of carbonyl (C=O) groups is 1. The van der Waals surface area contributed by atoms with Gasteiger partial charge < -0.3 is 14.7 Å². The van der Waals surface area contributed by atoms with E-state index in [-0.39, 0.29) is 11.7 Å². The van der Waals surface area contributed by atoms with E-state index in [9.17, 15) is 9.90 Å². The summed E-state index contributed by atoms with van der Waals surface area (Å²) in [6.45, 7) is 2.27. The van der Waals surface area contributed by atoms with Crippen LogP contribution < -0.4 is 0 Å². The van der Waals surface area contributed by atoms with Crippen LogP contribution in [0.3, 0.4) is 0 Å². The molecule has 0 aromatic heterocycles. The maximum atomic E-state index is 12.7. The summed E-state index contributed by atoms with van der Waals surface area (Å²) in [6, 6.07) is 5.38. The third kappa shape index (κ3) is 2.99. The number of hydrogen-bond acceptors (Lipinski definition) is 3. The van der Waals surface area contributed by atoms with Crippen LogP contribution in [0.2, 0.25) is 0 Å². The number of nitrogens with zero attached hydrogens (tertiary/aromatic N) is 1. The van der Waals surface area contributed by atoms with Gasteiger partial charge in [-0.1, -0.05) is 15.9 Å². The molecule has 2 aliphatic rings. The molecule has 1 amide bonds. The fourth-order valence-corrected chi connectivity index (χ4v) is 2.98. The molecule has 20 heavy (non-hydrogen) atoms. The van der Waals surface area contributed by atoms with E-state index >= 15 is 0 Å². The van der Waals surface area contributed by atoms with Gasteiger partial charge in [0.15, 0.2) is 0 Å². The first-order valence-corrected chi connectivity index (χ1v) is 7.81. The average molecular weight is 340 g/mol. The highest BCUT2D eigenvalue weighted by atomic mass is 79.9. The molecule has 1 heterocycles. The molecule has 0 radical (unpaired) electrons. The number of amides is 1. The summed E-state index contributed by atoms with van der Waals surface area (Å²) in [5, 5.41) is 9.97. The molecule has 1 saturated carbocycles. The first-order chi connectivity index (χ1) is 9.65. The van der Waals surface area contributed by atoms with Crippen LogP contribution in [-0.4, -0.2) is 41.7 Å². The lowest BCUT2D eigenvalue weighted by atomic mass is 10.1. The predicted octanol–water partition coefficient (Wildman–Crippen LogP) is 2.80. The van der Waals surface area contributed by atoms with Crippen molar-refractivity contribution in [3.8, 4) is 5.75 Å². The first kappa shape index (κ1) is 13.9. The van der Waals surface area contributed by atoms with Crippen molar-refractivity contribution < 1.29 is 14.6 Å². The molecule has 5 heteroatoms. The summed E-state index contributed by atoms with van der Waals surface area (Å²) in [4.78, 5) is 14.6. The Kier molecular flexibility index (Phi) is 3.98. The van der Waals surface area contributed by atoms with E-state index in [1.807, 2.05) is 4.90 Å². The number of phenolic OH excluding ortho intramolecular Hbond substituents is 1. The Labute approximate surface area is 126 Å². The van der Waals surface area contributed by atoms with Crippen molar-refractivity contribution in [1.82, 2.24) is 4.90 Å². The van der Waals surface area contributed by atoms with Crippen LogP contribution in [0.25, 0.3) is 0 Å². The third-order valence-electron chi connectivity index (χ3n) is 3.92. The molecule has 3 rings (SSSR count). The quantitative estimate of drug-likeness (QED) is 0.917. The van der Waals surface area contributed by atoms with Gasteiger partial charge in [-0.3, -0.25) is 4.79 Å². The zero-order valence-electron chi connectivity index (χ0n) is 11.2. The first-order valence-electron chi connectivity index (χ1n) is 7.02. The average Bonchev–Trinajstić information content (AvgIpc) is 3.12. The lowest BCUT2D eigenvalue weighted by molar-refractivity contribution is 0.0703. The van der Waals surface area contributed by atoms with Gasteiger partial charge >= 0.3 is 0 Å². The number of phenols is 1. The fourth-order valence-electron chi connectivity index (χ4n) is 2.63. The lowest BCUT2D eigenvalue weighted by Crippen LogP contribution is -2.37. The van der Waals surface area contributed by atoms with Gasteiger partial charge in [0, 0.05) is 29.6 Å². The van der Waals surface area contributed by atoms with Gasteiger partial charge in [0.05, 0.1) is 12.2 Å². The van der Waals surface area contributed by atoms with Crippen LogP contribution in [0.15, 0.2) is 22.7 Å². The van der Waals surface area contributed by atoms with Gasteiger partial charge in [-0.05, 0) is 37.5 Å². The molecule has 4 nitrogen and oxygen atoms in total. The van der Waals surface area contributed by atoms with Crippen LogP contribution in [-0.2, 0) is 4.74 Å². The molecule has 1 aromatic rings. The minimum atomic E-state index is -0.0654. The summed E-state index contributed by atoms with van der Waals surface area (Å²) in [5.74, 6) is 0.402. The minimum Gasteiger partial charge on any atom is -0.507 e. The Morgan fingerprint density at radius 1 is 1.40 bits per heavy atom. The van der Waals surface area contributed by atoms with E-state index in [0.29, 0.717) is 17.5 Å². The number of carbonyl (C=O) groups excluding carboxylic acids is 1. The molecule has 0 unspecified atom stereocenters. The Morgan fingerprint density at radius 3 is 2.80 bits per heavy atom. The highest BCUT2D eigenvalue weighted by molar-refractivity contribution is 9.10. The number of aromatic hydroxyl groups is 1. The van der Waals surface area contributed by atoms with Crippen molar-refractivity contribution >= 4 is 21.8 Å². The summed E-state index contributed by atoms with van der Waals surface area (Å²) in [6.07, 6.45) is 3.15. The molecule has 0 spiro atoms. The van der Waals surface area contributed by atoms with Crippen LogP contribution in [0.1, 0.15) is 29.6 Å². The van der Waals surface area contributed by atoms with Crippen molar-refractivity contribution in [2.75, 3.05) is 19.8 Å². The second-order valence-electron chi connectivity index (χ2n) is 5.58. The van der Waals surface area contributed by atoms with Gasteiger partial charge in [-0.2, -0.15) is 0 Å². The number of hydrogen-bond donors (Lipinski definition) is 1. The zero-order chi connectivity index (χ0) is 14.1. The van der Waals surface area contributed by atoms with E-state index in [1.54, 1.807) is 18.2 Å². The van der Waals surface area contributed by atoms with Gasteiger partial charge in [0.1, 0.15) is 5.75 Å². The molecule has 1 aromatic carbocycles. The zero-order valence-corrected chi connectivity index (χ0v) is 12.8. The highest BCUT2D eigenvalue weighted by Crippen LogP contribution is 2.32. The molecule has 0 bridgehead atoms. The van der Waals surface area contributed by atoms with Crippen molar-refractivity contribution in [2.24, 2.45) is 5.92 Å². The Hall–Kier alpha value is -1.07. The molecule has 1 saturated heterocycles. The monoisotopic (exact) mass is 339 g/mol. The molecule has 1 atom stereocenters. The SMILES string of the molecule is O=C(c1ccc(Br)cc1O)N(C[C@@H]1CCOC1)C1CC1. The predicted molar refractivity (Wildman–Crippen MR) is 78.8 cm³/mol. The van der Waals surface area contributed by atoms with Crippen LogP contribution in [0, 0.1) is 5.92 Å². The van der Waals surface area contributed by atoms with Gasteiger partial charge in [-0.15, -0.1) is 0 Å². The smallest absolute Gasteiger partial charge is 0.257 e. The standard InChI is InChI=1S/C15H18BrNO3/c16-11-1-4-13(14(18)7-11)15(19)17(12-2-3-12)8-10-5-6-20-9-10/h1,4,7,10,12,18H,2-3,5-6,8-9H2/t10-/m0/s1. The van der Waals surface area contributed by atoms with Crippen LogP contribution in [0.5, 0.6) is 5.75 Å². The van der Waals surface area contributed by atoms with E-state index in [1.165, 1.54) is 0 Å². The maximum absolute atomic E-state index is 12.7. The second kappa shape index (κ2) is 5.74. The topological polar surface area (TPSA) is 49.8 Å². The van der Waals surface area contributed by atoms with E-state index in [0.717, 1.165) is 43.5 Å². The number of ether oxygens (including phenoxy) is 1.